The Morgan fingerprint density at radius 3 is 3.06 bits per heavy atom. The fourth-order valence-electron chi connectivity index (χ4n) is 1.56. The van der Waals surface area contributed by atoms with Gasteiger partial charge in [0.1, 0.15) is 6.42 Å². The number of nitrogens with one attached hydrogen (secondary N) is 2. The van der Waals surface area contributed by atoms with Gasteiger partial charge in [-0.3, -0.25) is 14.7 Å². The molecule has 1 heterocycles. The predicted octanol–water partition coefficient (Wildman–Crippen LogP) is 1.45. The molecule has 1 amide bonds. The average Bonchev–Trinajstić information content (AvgIpc) is 2.76. The van der Waals surface area contributed by atoms with E-state index in [1.54, 1.807) is 25.3 Å². The van der Waals surface area contributed by atoms with Crippen LogP contribution in [0.4, 0.5) is 5.69 Å². The third kappa shape index (κ3) is 2.85. The van der Waals surface area contributed by atoms with Crippen LogP contribution in [0, 0.1) is 0 Å². The van der Waals surface area contributed by atoms with Crippen LogP contribution >= 0.6 is 0 Å². The summed E-state index contributed by atoms with van der Waals surface area (Å²) in [6.07, 6.45) is 1.41. The van der Waals surface area contributed by atoms with Crippen molar-refractivity contribution in [1.29, 1.82) is 0 Å². The predicted molar refractivity (Wildman–Crippen MR) is 66.0 cm³/mol. The minimum atomic E-state index is -0.530. The first-order valence-corrected chi connectivity index (χ1v) is 5.57. The van der Waals surface area contributed by atoms with Crippen molar-refractivity contribution < 1.29 is 14.3 Å². The van der Waals surface area contributed by atoms with Crippen LogP contribution in [0.3, 0.4) is 0 Å². The summed E-state index contributed by atoms with van der Waals surface area (Å²) in [5, 5.41) is 10.3. The minimum absolute atomic E-state index is 0.270. The van der Waals surface area contributed by atoms with Gasteiger partial charge >= 0.3 is 5.97 Å². The van der Waals surface area contributed by atoms with Crippen molar-refractivity contribution in [2.24, 2.45) is 0 Å². The van der Waals surface area contributed by atoms with Gasteiger partial charge in [0, 0.05) is 11.1 Å². The van der Waals surface area contributed by atoms with E-state index in [0.717, 1.165) is 10.9 Å². The molecule has 1 aromatic heterocycles. The van der Waals surface area contributed by atoms with Crippen molar-refractivity contribution >= 4 is 28.5 Å². The third-order valence-electron chi connectivity index (χ3n) is 2.34. The lowest BCUT2D eigenvalue weighted by atomic mass is 10.2. The van der Waals surface area contributed by atoms with Crippen LogP contribution in [-0.2, 0) is 14.3 Å². The number of H-pyrrole nitrogens is 1. The highest BCUT2D eigenvalue weighted by molar-refractivity contribution is 6.02. The average molecular weight is 247 g/mol. The topological polar surface area (TPSA) is 84.1 Å². The maximum Gasteiger partial charge on any atom is 0.315 e. The van der Waals surface area contributed by atoms with E-state index in [2.05, 4.69) is 15.5 Å². The molecule has 0 radical (unpaired) electrons. The van der Waals surface area contributed by atoms with Crippen LogP contribution in [0.2, 0.25) is 0 Å². The summed E-state index contributed by atoms with van der Waals surface area (Å²) in [4.78, 5) is 22.6. The number of anilines is 1. The van der Waals surface area contributed by atoms with Crippen LogP contribution in [0.25, 0.3) is 10.9 Å². The number of nitrogens with zero attached hydrogens (tertiary/aromatic N) is 1. The Morgan fingerprint density at radius 1 is 1.44 bits per heavy atom. The van der Waals surface area contributed by atoms with Crippen molar-refractivity contribution in [2.45, 2.75) is 13.3 Å². The second kappa shape index (κ2) is 5.31. The summed E-state index contributed by atoms with van der Waals surface area (Å²) in [7, 11) is 0. The number of ether oxygens (including phenoxy) is 1. The number of carbonyl (C=O) groups excluding carboxylic acids is 2. The van der Waals surface area contributed by atoms with E-state index in [1.807, 2.05) is 6.07 Å². The summed E-state index contributed by atoms with van der Waals surface area (Å²) in [5.74, 6) is -0.926. The number of benzene rings is 1. The molecule has 0 aliphatic carbocycles. The number of aromatic nitrogens is 2. The standard InChI is InChI=1S/C12H13N3O3/c1-2-18-12(17)6-11(16)14-9-4-3-8-7-13-15-10(8)5-9/h3-5,7H,2,6H2,1H3,(H,13,15)(H,14,16). The first kappa shape index (κ1) is 12.1. The maximum absolute atomic E-state index is 11.5. The Balaban J connectivity index is 2.00. The third-order valence-corrected chi connectivity index (χ3v) is 2.34. The zero-order valence-electron chi connectivity index (χ0n) is 9.90. The van der Waals surface area contributed by atoms with Gasteiger partial charge < -0.3 is 10.1 Å². The van der Waals surface area contributed by atoms with Crippen LogP contribution < -0.4 is 5.32 Å². The van der Waals surface area contributed by atoms with E-state index in [-0.39, 0.29) is 13.0 Å². The molecule has 0 bridgehead atoms. The summed E-state index contributed by atoms with van der Waals surface area (Å²) in [5.41, 5.74) is 1.44. The molecule has 0 aliphatic heterocycles. The van der Waals surface area contributed by atoms with Gasteiger partial charge in [0.25, 0.3) is 0 Å². The van der Waals surface area contributed by atoms with E-state index in [1.165, 1.54) is 0 Å². The van der Waals surface area contributed by atoms with Gasteiger partial charge in [-0.25, -0.2) is 0 Å². The van der Waals surface area contributed by atoms with Crippen LogP contribution in [0.5, 0.6) is 0 Å². The highest BCUT2D eigenvalue weighted by Gasteiger charge is 2.10. The number of amides is 1. The Labute approximate surface area is 103 Å². The van der Waals surface area contributed by atoms with Gasteiger partial charge in [-0.1, -0.05) is 0 Å². The van der Waals surface area contributed by atoms with Gasteiger partial charge in [-0.15, -0.1) is 0 Å². The number of esters is 1. The number of hydrogen-bond donors (Lipinski definition) is 2. The molecule has 94 valence electrons. The second-order valence-electron chi connectivity index (χ2n) is 3.70. The lowest BCUT2D eigenvalue weighted by Crippen LogP contribution is -2.18. The molecule has 0 saturated heterocycles. The molecule has 0 aliphatic rings. The number of carbonyl (C=O) groups is 2. The smallest absolute Gasteiger partial charge is 0.315 e. The highest BCUT2D eigenvalue weighted by Crippen LogP contribution is 2.16. The van der Waals surface area contributed by atoms with Crippen molar-refractivity contribution in [2.75, 3.05) is 11.9 Å². The van der Waals surface area contributed by atoms with Crippen LogP contribution in [-0.4, -0.2) is 28.7 Å². The molecular weight excluding hydrogens is 234 g/mol. The van der Waals surface area contributed by atoms with Gasteiger partial charge in [0.15, 0.2) is 0 Å². The fraction of sp³-hybridized carbons (Fsp3) is 0.250. The van der Waals surface area contributed by atoms with Gasteiger partial charge in [-0.2, -0.15) is 5.10 Å². The molecule has 1 aromatic carbocycles. The molecule has 0 spiro atoms. The molecule has 0 unspecified atom stereocenters. The van der Waals surface area contributed by atoms with Gasteiger partial charge in [-0.05, 0) is 25.1 Å². The molecule has 2 aromatic rings. The molecule has 0 atom stereocenters. The SMILES string of the molecule is CCOC(=O)CC(=O)Nc1ccc2cn[nH]c2c1. The molecule has 6 nitrogen and oxygen atoms in total. The zero-order chi connectivity index (χ0) is 13.0. The van der Waals surface area contributed by atoms with E-state index in [4.69, 9.17) is 4.74 Å². The Hall–Kier alpha value is -2.37. The molecule has 18 heavy (non-hydrogen) atoms. The molecule has 2 rings (SSSR count). The number of aromatic amines is 1. The summed E-state index contributed by atoms with van der Waals surface area (Å²) >= 11 is 0. The molecular formula is C12H13N3O3. The summed E-state index contributed by atoms with van der Waals surface area (Å²) in [6.45, 7) is 1.97. The first-order valence-electron chi connectivity index (χ1n) is 5.57. The van der Waals surface area contributed by atoms with E-state index >= 15 is 0 Å². The van der Waals surface area contributed by atoms with E-state index in [0.29, 0.717) is 5.69 Å². The highest BCUT2D eigenvalue weighted by atomic mass is 16.5. The normalized spacial score (nSPS) is 10.3. The number of hydrogen-bond acceptors (Lipinski definition) is 4. The number of fused-ring (bicyclic) bond motifs is 1. The largest absolute Gasteiger partial charge is 0.466 e. The van der Waals surface area contributed by atoms with Crippen molar-refractivity contribution in [3.8, 4) is 0 Å². The Morgan fingerprint density at radius 2 is 2.28 bits per heavy atom. The Bertz CT molecular complexity index is 577. The molecule has 2 N–H and O–H groups in total. The zero-order valence-corrected chi connectivity index (χ0v) is 9.90. The fourth-order valence-corrected chi connectivity index (χ4v) is 1.56. The number of rotatable bonds is 4. The molecule has 0 fully saturated rings. The Kier molecular flexibility index (Phi) is 3.57. The van der Waals surface area contributed by atoms with E-state index < -0.39 is 11.9 Å². The van der Waals surface area contributed by atoms with Crippen molar-refractivity contribution in [3.63, 3.8) is 0 Å². The lowest BCUT2D eigenvalue weighted by molar-refractivity contribution is -0.145. The van der Waals surface area contributed by atoms with E-state index in [9.17, 15) is 9.59 Å². The molecule has 6 heteroatoms. The van der Waals surface area contributed by atoms with Crippen LogP contribution in [0.15, 0.2) is 24.4 Å². The van der Waals surface area contributed by atoms with Gasteiger partial charge in [0.05, 0.1) is 18.3 Å². The van der Waals surface area contributed by atoms with Crippen molar-refractivity contribution in [1.82, 2.24) is 10.2 Å². The van der Waals surface area contributed by atoms with Crippen LogP contribution in [0.1, 0.15) is 13.3 Å². The second-order valence-corrected chi connectivity index (χ2v) is 3.70. The summed E-state index contributed by atoms with van der Waals surface area (Å²) < 4.78 is 4.69. The summed E-state index contributed by atoms with van der Waals surface area (Å²) in [6, 6.07) is 5.34. The first-order chi connectivity index (χ1) is 8.69. The lowest BCUT2D eigenvalue weighted by Gasteiger charge is -2.05. The van der Waals surface area contributed by atoms with Crippen molar-refractivity contribution in [3.05, 3.63) is 24.4 Å². The monoisotopic (exact) mass is 247 g/mol. The minimum Gasteiger partial charge on any atom is -0.466 e. The van der Waals surface area contributed by atoms with Gasteiger partial charge in [0.2, 0.25) is 5.91 Å². The quantitative estimate of drug-likeness (QED) is 0.632. The maximum atomic E-state index is 11.5. The molecule has 0 saturated carbocycles.